The van der Waals surface area contributed by atoms with Crippen LogP contribution in [0.5, 0.6) is 0 Å². The fourth-order valence-electron chi connectivity index (χ4n) is 1.69. The maximum absolute atomic E-state index is 10.3. The largest absolute Gasteiger partial charge is 0.370 e. The van der Waals surface area contributed by atoms with Crippen molar-refractivity contribution in [3.63, 3.8) is 0 Å². The lowest BCUT2D eigenvalue weighted by Crippen LogP contribution is -2.42. The van der Waals surface area contributed by atoms with Crippen molar-refractivity contribution in [3.8, 4) is 0 Å². The zero-order chi connectivity index (χ0) is 10.9. The normalized spacial score (nSPS) is 21.5. The first-order valence-electron chi connectivity index (χ1n) is 5.59. The van der Waals surface area contributed by atoms with E-state index in [2.05, 4.69) is 10.6 Å². The second kappa shape index (κ2) is 7.62. The van der Waals surface area contributed by atoms with E-state index < -0.39 is 5.91 Å². The Morgan fingerprint density at radius 3 is 3.07 bits per heavy atom. The summed E-state index contributed by atoms with van der Waals surface area (Å²) >= 11 is 0. The van der Waals surface area contributed by atoms with Crippen LogP contribution in [-0.2, 0) is 9.53 Å². The lowest BCUT2D eigenvalue weighted by atomic mass is 10.1. The third-order valence-electron chi connectivity index (χ3n) is 2.47. The molecular formula is C10H21N3O2. The van der Waals surface area contributed by atoms with Gasteiger partial charge in [-0.2, -0.15) is 0 Å². The zero-order valence-corrected chi connectivity index (χ0v) is 9.13. The minimum Gasteiger partial charge on any atom is -0.370 e. The molecule has 0 aliphatic carbocycles. The van der Waals surface area contributed by atoms with E-state index in [0.717, 1.165) is 19.6 Å². The Hall–Kier alpha value is -0.650. The molecule has 0 bridgehead atoms. The van der Waals surface area contributed by atoms with Gasteiger partial charge in [-0.05, 0) is 19.4 Å². The number of rotatable bonds is 7. The van der Waals surface area contributed by atoms with E-state index in [4.69, 9.17) is 10.5 Å². The Bertz CT molecular complexity index is 182. The van der Waals surface area contributed by atoms with E-state index in [1.54, 1.807) is 0 Å². The average molecular weight is 215 g/mol. The predicted octanol–water partition coefficient (Wildman–Crippen LogP) is -0.780. The third-order valence-corrected chi connectivity index (χ3v) is 2.47. The molecule has 1 fully saturated rings. The van der Waals surface area contributed by atoms with Crippen LogP contribution < -0.4 is 16.4 Å². The topological polar surface area (TPSA) is 76.4 Å². The predicted molar refractivity (Wildman–Crippen MR) is 58.5 cm³/mol. The Labute approximate surface area is 90.7 Å². The molecule has 1 aliphatic heterocycles. The van der Waals surface area contributed by atoms with Crippen LogP contribution in [0.25, 0.3) is 0 Å². The number of piperidine rings is 1. The minimum absolute atomic E-state index is 0.0172. The van der Waals surface area contributed by atoms with Gasteiger partial charge >= 0.3 is 0 Å². The summed E-state index contributed by atoms with van der Waals surface area (Å²) in [5, 5.41) is 6.74. The highest BCUT2D eigenvalue weighted by Gasteiger charge is 2.10. The van der Waals surface area contributed by atoms with Gasteiger partial charge in [-0.15, -0.1) is 0 Å². The SMILES string of the molecule is NC(=O)COCCNCC1CCCCN1. The van der Waals surface area contributed by atoms with Crippen molar-refractivity contribution in [1.82, 2.24) is 10.6 Å². The first-order valence-corrected chi connectivity index (χ1v) is 5.59. The molecule has 0 radical (unpaired) electrons. The van der Waals surface area contributed by atoms with Crippen molar-refractivity contribution < 1.29 is 9.53 Å². The van der Waals surface area contributed by atoms with Crippen LogP contribution >= 0.6 is 0 Å². The number of hydrogen-bond acceptors (Lipinski definition) is 4. The smallest absolute Gasteiger partial charge is 0.243 e. The summed E-state index contributed by atoms with van der Waals surface area (Å²) in [4.78, 5) is 10.3. The Morgan fingerprint density at radius 1 is 1.53 bits per heavy atom. The molecule has 0 aromatic rings. The molecule has 1 heterocycles. The molecular weight excluding hydrogens is 194 g/mol. The van der Waals surface area contributed by atoms with E-state index in [0.29, 0.717) is 12.6 Å². The van der Waals surface area contributed by atoms with Crippen LogP contribution in [-0.4, -0.2) is 44.8 Å². The van der Waals surface area contributed by atoms with Crippen molar-refractivity contribution in [3.05, 3.63) is 0 Å². The molecule has 0 aromatic carbocycles. The number of carbonyl (C=O) groups is 1. The van der Waals surface area contributed by atoms with Crippen molar-refractivity contribution in [1.29, 1.82) is 0 Å². The molecule has 15 heavy (non-hydrogen) atoms. The van der Waals surface area contributed by atoms with Gasteiger partial charge in [0.1, 0.15) is 6.61 Å². The molecule has 1 unspecified atom stereocenters. The molecule has 0 aromatic heterocycles. The molecule has 5 heteroatoms. The number of ether oxygens (including phenoxy) is 1. The van der Waals surface area contributed by atoms with E-state index in [9.17, 15) is 4.79 Å². The number of hydrogen-bond donors (Lipinski definition) is 3. The summed E-state index contributed by atoms with van der Waals surface area (Å²) in [5.41, 5.74) is 4.93. The van der Waals surface area contributed by atoms with E-state index in [1.165, 1.54) is 19.3 Å². The first kappa shape index (κ1) is 12.4. The van der Waals surface area contributed by atoms with Crippen LogP contribution in [0.4, 0.5) is 0 Å². The highest BCUT2D eigenvalue weighted by atomic mass is 16.5. The van der Waals surface area contributed by atoms with E-state index >= 15 is 0 Å². The number of nitrogens with one attached hydrogen (secondary N) is 2. The minimum atomic E-state index is -0.413. The van der Waals surface area contributed by atoms with Gasteiger partial charge in [0, 0.05) is 19.1 Å². The fourth-order valence-corrected chi connectivity index (χ4v) is 1.69. The van der Waals surface area contributed by atoms with Gasteiger partial charge in [-0.1, -0.05) is 6.42 Å². The molecule has 88 valence electrons. The average Bonchev–Trinajstić information content (AvgIpc) is 2.24. The molecule has 5 nitrogen and oxygen atoms in total. The van der Waals surface area contributed by atoms with Crippen LogP contribution in [0.2, 0.25) is 0 Å². The molecule has 1 aliphatic rings. The van der Waals surface area contributed by atoms with Gasteiger partial charge in [0.15, 0.2) is 0 Å². The van der Waals surface area contributed by atoms with Gasteiger partial charge in [0.05, 0.1) is 6.61 Å². The molecule has 1 saturated heterocycles. The van der Waals surface area contributed by atoms with Gasteiger partial charge in [0.2, 0.25) is 5.91 Å². The number of carbonyl (C=O) groups excluding carboxylic acids is 1. The van der Waals surface area contributed by atoms with Crippen LogP contribution in [0.15, 0.2) is 0 Å². The summed E-state index contributed by atoms with van der Waals surface area (Å²) in [6.07, 6.45) is 3.85. The van der Waals surface area contributed by atoms with Gasteiger partial charge in [0.25, 0.3) is 0 Å². The van der Waals surface area contributed by atoms with Crippen LogP contribution in [0, 0.1) is 0 Å². The van der Waals surface area contributed by atoms with Crippen molar-refractivity contribution in [2.75, 3.05) is 32.8 Å². The molecule has 0 saturated carbocycles. The summed E-state index contributed by atoms with van der Waals surface area (Å²) in [6.45, 7) is 3.43. The van der Waals surface area contributed by atoms with Crippen molar-refractivity contribution in [2.24, 2.45) is 5.73 Å². The highest BCUT2D eigenvalue weighted by molar-refractivity contribution is 5.74. The van der Waals surface area contributed by atoms with E-state index in [1.807, 2.05) is 0 Å². The number of amides is 1. The standard InChI is InChI=1S/C10H21N3O2/c11-10(14)8-15-6-5-12-7-9-3-1-2-4-13-9/h9,12-13H,1-8H2,(H2,11,14). The second-order valence-corrected chi connectivity index (χ2v) is 3.87. The first-order chi connectivity index (χ1) is 7.29. The van der Waals surface area contributed by atoms with Crippen LogP contribution in [0.1, 0.15) is 19.3 Å². The molecule has 4 N–H and O–H groups in total. The summed E-state index contributed by atoms with van der Waals surface area (Å²) in [6, 6.07) is 0.592. The lowest BCUT2D eigenvalue weighted by molar-refractivity contribution is -0.122. The molecule has 1 amide bonds. The second-order valence-electron chi connectivity index (χ2n) is 3.87. The summed E-state index contributed by atoms with van der Waals surface area (Å²) < 4.78 is 5.03. The summed E-state index contributed by atoms with van der Waals surface area (Å²) in [5.74, 6) is -0.413. The van der Waals surface area contributed by atoms with Gasteiger partial charge in [-0.3, -0.25) is 4.79 Å². The van der Waals surface area contributed by atoms with Crippen LogP contribution in [0.3, 0.4) is 0 Å². The zero-order valence-electron chi connectivity index (χ0n) is 9.13. The quantitative estimate of drug-likeness (QED) is 0.487. The van der Waals surface area contributed by atoms with Crippen molar-refractivity contribution >= 4 is 5.91 Å². The van der Waals surface area contributed by atoms with Gasteiger partial charge in [-0.25, -0.2) is 0 Å². The molecule has 0 spiro atoms. The lowest BCUT2D eigenvalue weighted by Gasteiger charge is -2.23. The number of primary amides is 1. The van der Waals surface area contributed by atoms with E-state index in [-0.39, 0.29) is 6.61 Å². The maximum Gasteiger partial charge on any atom is 0.243 e. The third kappa shape index (κ3) is 6.43. The Balaban J connectivity index is 1.85. The maximum atomic E-state index is 10.3. The fraction of sp³-hybridized carbons (Fsp3) is 0.900. The van der Waals surface area contributed by atoms with Crippen molar-refractivity contribution in [2.45, 2.75) is 25.3 Å². The Morgan fingerprint density at radius 2 is 2.40 bits per heavy atom. The number of nitrogens with two attached hydrogens (primary N) is 1. The monoisotopic (exact) mass is 215 g/mol. The van der Waals surface area contributed by atoms with Gasteiger partial charge < -0.3 is 21.1 Å². The molecule has 1 atom stereocenters. The summed E-state index contributed by atoms with van der Waals surface area (Å²) in [7, 11) is 0. The molecule has 1 rings (SSSR count). The highest BCUT2D eigenvalue weighted by Crippen LogP contribution is 2.05. The Kier molecular flexibility index (Phi) is 6.31.